The second-order valence-electron chi connectivity index (χ2n) is 9.07. The molecule has 0 atom stereocenters. The zero-order chi connectivity index (χ0) is 26.8. The topological polar surface area (TPSA) is 110 Å². The number of rotatable bonds is 7. The van der Waals surface area contributed by atoms with E-state index in [1.165, 1.54) is 0 Å². The molecule has 0 amide bonds. The van der Waals surface area contributed by atoms with E-state index in [1.54, 1.807) is 36.4 Å². The molecule has 4 aromatic carbocycles. The van der Waals surface area contributed by atoms with Gasteiger partial charge < -0.3 is 9.47 Å². The summed E-state index contributed by atoms with van der Waals surface area (Å²) in [5.41, 5.74) is 3.83. The molecule has 0 fully saturated rings. The average Bonchev–Trinajstić information content (AvgIpc) is 2.94. The van der Waals surface area contributed by atoms with Gasteiger partial charge in [-0.05, 0) is 71.6 Å². The lowest BCUT2D eigenvalue weighted by Gasteiger charge is -2.13. The van der Waals surface area contributed by atoms with Crippen LogP contribution in [0.4, 0.5) is 0 Å². The van der Waals surface area contributed by atoms with Crippen molar-refractivity contribution in [3.63, 3.8) is 0 Å². The smallest absolute Gasteiger partial charge is 0.302 e. The molecule has 0 saturated carbocycles. The van der Waals surface area contributed by atoms with Gasteiger partial charge in [0.25, 0.3) is 11.1 Å². The fraction of sp³-hybridized carbons (Fsp3) is 0.0968. The van der Waals surface area contributed by atoms with Gasteiger partial charge in [0.15, 0.2) is 0 Å². The molecular formula is C31H24N4O4. The second kappa shape index (κ2) is 10.3. The van der Waals surface area contributed by atoms with Gasteiger partial charge in [0, 0.05) is 0 Å². The van der Waals surface area contributed by atoms with Gasteiger partial charge in [0.05, 0.1) is 21.8 Å². The zero-order valence-corrected chi connectivity index (χ0v) is 21.1. The van der Waals surface area contributed by atoms with E-state index in [0.717, 1.165) is 29.5 Å². The Balaban J connectivity index is 1.25. The molecule has 6 aromatic rings. The van der Waals surface area contributed by atoms with Gasteiger partial charge in [-0.2, -0.15) is 9.97 Å². The number of aromatic amines is 2. The van der Waals surface area contributed by atoms with E-state index in [1.807, 2.05) is 54.6 Å². The minimum atomic E-state index is -0.248. The second-order valence-corrected chi connectivity index (χ2v) is 9.07. The molecule has 0 radical (unpaired) electrons. The number of aromatic nitrogens is 4. The molecule has 0 aliphatic heterocycles. The quantitative estimate of drug-likeness (QED) is 0.255. The van der Waals surface area contributed by atoms with Crippen LogP contribution in [0.3, 0.4) is 0 Å². The Kier molecular flexibility index (Phi) is 6.34. The van der Waals surface area contributed by atoms with Crippen LogP contribution in [0.1, 0.15) is 18.9 Å². The van der Waals surface area contributed by atoms with Crippen LogP contribution in [-0.2, 0) is 6.42 Å². The van der Waals surface area contributed by atoms with Crippen molar-refractivity contribution in [2.75, 3.05) is 0 Å². The number of ether oxygens (including phenoxy) is 2. The molecule has 0 aliphatic rings. The number of nitrogens with zero attached hydrogens (tertiary/aromatic N) is 2. The summed E-state index contributed by atoms with van der Waals surface area (Å²) in [7, 11) is 0. The van der Waals surface area contributed by atoms with E-state index < -0.39 is 0 Å². The number of aryl methyl sites for hydroxylation is 1. The van der Waals surface area contributed by atoms with Crippen molar-refractivity contribution >= 4 is 21.8 Å². The Hall–Kier alpha value is -5.24. The fourth-order valence-corrected chi connectivity index (χ4v) is 4.54. The molecule has 0 saturated heterocycles. The Bertz CT molecular complexity index is 1930. The summed E-state index contributed by atoms with van der Waals surface area (Å²) in [4.78, 5) is 39.0. The third-order valence-corrected chi connectivity index (χ3v) is 6.37. The van der Waals surface area contributed by atoms with Gasteiger partial charge in [-0.1, -0.05) is 55.8 Å². The number of hydrogen-bond donors (Lipinski definition) is 2. The number of H-pyrrole nitrogens is 2. The Morgan fingerprint density at radius 3 is 1.79 bits per heavy atom. The van der Waals surface area contributed by atoms with E-state index in [9.17, 15) is 9.59 Å². The summed E-state index contributed by atoms with van der Waals surface area (Å²) in [5.74, 6) is 1.15. The Morgan fingerprint density at radius 1 is 0.667 bits per heavy atom. The number of fused-ring (bicyclic) bond motifs is 2. The largest absolute Gasteiger partial charge is 0.426 e. The normalized spacial score (nSPS) is 11.1. The maximum Gasteiger partial charge on any atom is 0.302 e. The van der Waals surface area contributed by atoms with E-state index in [2.05, 4.69) is 26.9 Å². The molecule has 2 aromatic heterocycles. The van der Waals surface area contributed by atoms with Crippen LogP contribution in [0.25, 0.3) is 32.9 Å². The number of benzene rings is 4. The van der Waals surface area contributed by atoms with Gasteiger partial charge in [-0.3, -0.25) is 19.6 Å². The van der Waals surface area contributed by atoms with Crippen molar-refractivity contribution in [2.45, 2.75) is 19.8 Å². The fourth-order valence-electron chi connectivity index (χ4n) is 4.54. The molecule has 8 heteroatoms. The summed E-state index contributed by atoms with van der Waals surface area (Å²) >= 11 is 0. The van der Waals surface area contributed by atoms with Gasteiger partial charge in [-0.15, -0.1) is 0 Å². The van der Waals surface area contributed by atoms with Crippen LogP contribution in [0.15, 0.2) is 101 Å². The molecule has 8 nitrogen and oxygen atoms in total. The summed E-state index contributed by atoms with van der Waals surface area (Å²) in [5, 5.41) is 1.03. The van der Waals surface area contributed by atoms with Gasteiger partial charge in [-0.25, -0.2) is 0 Å². The van der Waals surface area contributed by atoms with Crippen LogP contribution in [0, 0.1) is 0 Å². The zero-order valence-electron chi connectivity index (χ0n) is 21.1. The Morgan fingerprint density at radius 2 is 1.21 bits per heavy atom. The molecule has 192 valence electrons. The molecule has 39 heavy (non-hydrogen) atoms. The summed E-state index contributed by atoms with van der Waals surface area (Å²) < 4.78 is 11.8. The predicted molar refractivity (Wildman–Crippen MR) is 151 cm³/mol. The third-order valence-electron chi connectivity index (χ3n) is 6.37. The number of nitrogens with one attached hydrogen (secondary N) is 2. The minimum absolute atomic E-state index is 0.139. The van der Waals surface area contributed by atoms with Crippen LogP contribution in [0.2, 0.25) is 0 Å². The van der Waals surface area contributed by atoms with Crippen LogP contribution < -0.4 is 20.6 Å². The van der Waals surface area contributed by atoms with Crippen molar-refractivity contribution in [2.24, 2.45) is 0 Å². The first-order chi connectivity index (χ1) is 19.1. The molecule has 6 rings (SSSR count). The standard InChI is InChI=1S/C31H24N4O4/c1-2-7-20-18-22(39-31-33-27-11-6-4-9-25(27)29(37)35-31)16-17-23(20)19-12-14-21(15-13-19)38-30-32-26-10-5-3-8-24(26)28(36)34-30/h3-6,8-18H,2,7H2,1H3,(H,32,34,36)(H,33,35,37). The minimum Gasteiger partial charge on any atom is -0.426 e. The molecule has 0 aliphatic carbocycles. The molecule has 2 N–H and O–H groups in total. The maximum atomic E-state index is 12.4. The van der Waals surface area contributed by atoms with Gasteiger partial charge >= 0.3 is 12.0 Å². The summed E-state index contributed by atoms with van der Waals surface area (Å²) in [6.07, 6.45) is 1.79. The summed E-state index contributed by atoms with van der Waals surface area (Å²) in [6, 6.07) is 28.0. The van der Waals surface area contributed by atoms with Crippen LogP contribution in [-0.4, -0.2) is 19.9 Å². The number of para-hydroxylation sites is 2. The third kappa shape index (κ3) is 5.00. The molecule has 2 heterocycles. The number of hydrogen-bond acceptors (Lipinski definition) is 6. The highest BCUT2D eigenvalue weighted by molar-refractivity contribution is 5.78. The highest BCUT2D eigenvalue weighted by Crippen LogP contribution is 2.32. The Labute approximate surface area is 222 Å². The molecule has 0 bridgehead atoms. The molecular weight excluding hydrogens is 492 g/mol. The molecule has 0 unspecified atom stereocenters. The molecule has 0 spiro atoms. The summed E-state index contributed by atoms with van der Waals surface area (Å²) in [6.45, 7) is 2.12. The van der Waals surface area contributed by atoms with E-state index >= 15 is 0 Å². The lowest BCUT2D eigenvalue weighted by molar-refractivity contribution is 0.442. The van der Waals surface area contributed by atoms with Crippen LogP contribution in [0.5, 0.6) is 23.5 Å². The van der Waals surface area contributed by atoms with Crippen molar-refractivity contribution < 1.29 is 9.47 Å². The van der Waals surface area contributed by atoms with E-state index in [4.69, 9.17) is 9.47 Å². The monoisotopic (exact) mass is 516 g/mol. The first kappa shape index (κ1) is 24.1. The van der Waals surface area contributed by atoms with Gasteiger partial charge in [0.2, 0.25) is 0 Å². The highest BCUT2D eigenvalue weighted by Gasteiger charge is 2.11. The van der Waals surface area contributed by atoms with Gasteiger partial charge in [0.1, 0.15) is 11.5 Å². The highest BCUT2D eigenvalue weighted by atomic mass is 16.5. The SMILES string of the molecule is CCCc1cc(Oc2nc3ccccc3c(=O)[nH]2)ccc1-c1ccc(Oc2nc3ccccc3c(=O)[nH]2)cc1. The van der Waals surface area contributed by atoms with Crippen LogP contribution >= 0.6 is 0 Å². The first-order valence-corrected chi connectivity index (χ1v) is 12.6. The maximum absolute atomic E-state index is 12.4. The lowest BCUT2D eigenvalue weighted by Crippen LogP contribution is -2.09. The first-order valence-electron chi connectivity index (χ1n) is 12.6. The van der Waals surface area contributed by atoms with Crippen molar-refractivity contribution in [3.05, 3.63) is 117 Å². The average molecular weight is 517 g/mol. The van der Waals surface area contributed by atoms with Crippen molar-refractivity contribution in [1.29, 1.82) is 0 Å². The van der Waals surface area contributed by atoms with Crippen molar-refractivity contribution in [3.8, 4) is 34.6 Å². The predicted octanol–water partition coefficient (Wildman–Crippen LogP) is 6.36. The van der Waals surface area contributed by atoms with E-state index in [-0.39, 0.29) is 23.1 Å². The van der Waals surface area contributed by atoms with Crippen molar-refractivity contribution in [1.82, 2.24) is 19.9 Å². The lowest BCUT2D eigenvalue weighted by atomic mass is 9.96. The van der Waals surface area contributed by atoms with E-state index in [0.29, 0.717) is 33.3 Å².